The summed E-state index contributed by atoms with van der Waals surface area (Å²) in [4.78, 5) is 21.2. The summed E-state index contributed by atoms with van der Waals surface area (Å²) in [6, 6.07) is 13.9. The standard InChI is InChI=1S/C24H24N6O2/c1-15-13-18(21-11-12-25-16(2)26-21)9-10-23(15)32-14-20-19(17-7-8-17)5-4-6-22(20)30-24(31)29(3)27-28-30/h4-6,9-13,17H,7-8,14H2,1-3H3. The first-order valence-corrected chi connectivity index (χ1v) is 10.7. The third-order valence-corrected chi connectivity index (χ3v) is 5.77. The molecule has 0 unspecified atom stereocenters. The number of hydrogen-bond acceptors (Lipinski definition) is 6. The second kappa shape index (κ2) is 8.03. The lowest BCUT2D eigenvalue weighted by molar-refractivity contribution is 0.302. The molecule has 0 N–H and O–H groups in total. The van der Waals surface area contributed by atoms with Crippen LogP contribution in [0.25, 0.3) is 16.9 Å². The van der Waals surface area contributed by atoms with Gasteiger partial charge in [0.2, 0.25) is 0 Å². The Hall–Kier alpha value is -3.81. The van der Waals surface area contributed by atoms with Gasteiger partial charge in [-0.3, -0.25) is 0 Å². The molecule has 8 nitrogen and oxygen atoms in total. The Morgan fingerprint density at radius 3 is 2.62 bits per heavy atom. The lowest BCUT2D eigenvalue weighted by atomic mass is 10.0. The van der Waals surface area contributed by atoms with Crippen molar-refractivity contribution in [1.29, 1.82) is 0 Å². The first-order chi connectivity index (χ1) is 15.5. The van der Waals surface area contributed by atoms with Gasteiger partial charge in [-0.2, -0.15) is 9.36 Å². The van der Waals surface area contributed by atoms with Crippen molar-refractivity contribution >= 4 is 0 Å². The molecule has 0 saturated heterocycles. The predicted octanol–water partition coefficient (Wildman–Crippen LogP) is 3.50. The molecule has 2 heterocycles. The van der Waals surface area contributed by atoms with Gasteiger partial charge < -0.3 is 4.74 Å². The van der Waals surface area contributed by atoms with Gasteiger partial charge in [-0.1, -0.05) is 12.1 Å². The fraction of sp³-hybridized carbons (Fsp3) is 0.292. The maximum absolute atomic E-state index is 12.5. The van der Waals surface area contributed by atoms with Gasteiger partial charge in [-0.05, 0) is 84.5 Å². The fourth-order valence-corrected chi connectivity index (χ4v) is 3.93. The molecule has 0 spiro atoms. The van der Waals surface area contributed by atoms with E-state index >= 15 is 0 Å². The Morgan fingerprint density at radius 2 is 1.94 bits per heavy atom. The minimum absolute atomic E-state index is 0.278. The Kier molecular flexibility index (Phi) is 5.05. The molecular weight excluding hydrogens is 404 g/mol. The van der Waals surface area contributed by atoms with Gasteiger partial charge in [0.1, 0.15) is 18.2 Å². The van der Waals surface area contributed by atoms with Gasteiger partial charge >= 0.3 is 5.69 Å². The van der Waals surface area contributed by atoms with Gasteiger partial charge in [0.05, 0.1) is 11.4 Å². The van der Waals surface area contributed by atoms with Crippen molar-refractivity contribution in [3.8, 4) is 22.7 Å². The van der Waals surface area contributed by atoms with E-state index in [0.29, 0.717) is 12.5 Å². The summed E-state index contributed by atoms with van der Waals surface area (Å²) in [7, 11) is 1.59. The third kappa shape index (κ3) is 3.79. The van der Waals surface area contributed by atoms with Crippen LogP contribution in [0.3, 0.4) is 0 Å². The molecule has 8 heteroatoms. The molecule has 4 aromatic rings. The summed E-state index contributed by atoms with van der Waals surface area (Å²) in [5.41, 5.74) is 5.55. The zero-order valence-corrected chi connectivity index (χ0v) is 18.3. The lowest BCUT2D eigenvalue weighted by Gasteiger charge is -2.16. The van der Waals surface area contributed by atoms with Crippen LogP contribution >= 0.6 is 0 Å². The summed E-state index contributed by atoms with van der Waals surface area (Å²) >= 11 is 0. The Morgan fingerprint density at radius 1 is 1.09 bits per heavy atom. The van der Waals surface area contributed by atoms with Crippen LogP contribution in [0.15, 0.2) is 53.5 Å². The van der Waals surface area contributed by atoms with Crippen molar-refractivity contribution in [2.45, 2.75) is 39.2 Å². The van der Waals surface area contributed by atoms with E-state index in [0.717, 1.165) is 52.5 Å². The van der Waals surface area contributed by atoms with E-state index in [-0.39, 0.29) is 5.69 Å². The number of nitrogens with zero attached hydrogens (tertiary/aromatic N) is 6. The second-order valence-corrected chi connectivity index (χ2v) is 8.17. The van der Waals surface area contributed by atoms with Crippen molar-refractivity contribution < 1.29 is 4.74 Å². The Bertz CT molecular complexity index is 1350. The zero-order valence-electron chi connectivity index (χ0n) is 18.3. The van der Waals surface area contributed by atoms with Gasteiger partial charge in [-0.25, -0.2) is 14.8 Å². The Labute approximate surface area is 185 Å². The van der Waals surface area contributed by atoms with Crippen LogP contribution in [0.1, 0.15) is 41.3 Å². The highest BCUT2D eigenvalue weighted by Gasteiger charge is 2.28. The fourth-order valence-electron chi connectivity index (χ4n) is 3.93. The van der Waals surface area contributed by atoms with Crippen LogP contribution in [0.5, 0.6) is 5.75 Å². The first kappa shape index (κ1) is 20.1. The van der Waals surface area contributed by atoms with Crippen LogP contribution in [0.2, 0.25) is 0 Å². The van der Waals surface area contributed by atoms with Crippen LogP contribution in [0, 0.1) is 13.8 Å². The number of hydrogen-bond donors (Lipinski definition) is 0. The average Bonchev–Trinajstić information content (AvgIpc) is 3.58. The number of rotatable bonds is 6. The normalized spacial score (nSPS) is 13.3. The molecule has 162 valence electrons. The summed E-state index contributed by atoms with van der Waals surface area (Å²) < 4.78 is 8.84. The third-order valence-electron chi connectivity index (χ3n) is 5.77. The Balaban J connectivity index is 1.46. The zero-order chi connectivity index (χ0) is 22.2. The topological polar surface area (TPSA) is 87.7 Å². The largest absolute Gasteiger partial charge is 0.489 e. The minimum Gasteiger partial charge on any atom is -0.489 e. The summed E-state index contributed by atoms with van der Waals surface area (Å²) in [6.07, 6.45) is 4.07. The number of benzene rings is 2. The molecule has 32 heavy (non-hydrogen) atoms. The van der Waals surface area contributed by atoms with Gasteiger partial charge in [0.15, 0.2) is 0 Å². The van der Waals surface area contributed by atoms with Gasteiger partial charge in [-0.15, -0.1) is 0 Å². The van der Waals surface area contributed by atoms with Gasteiger partial charge in [0.25, 0.3) is 0 Å². The molecule has 0 radical (unpaired) electrons. The maximum Gasteiger partial charge on any atom is 0.368 e. The molecule has 0 bridgehead atoms. The van der Waals surface area contributed by atoms with E-state index in [4.69, 9.17) is 4.74 Å². The number of tetrazole rings is 1. The van der Waals surface area contributed by atoms with E-state index in [2.05, 4.69) is 32.5 Å². The number of aromatic nitrogens is 6. The van der Waals surface area contributed by atoms with Crippen molar-refractivity contribution in [3.05, 3.63) is 81.7 Å². The first-order valence-electron chi connectivity index (χ1n) is 10.7. The van der Waals surface area contributed by atoms with E-state index < -0.39 is 0 Å². The van der Waals surface area contributed by atoms with Crippen molar-refractivity contribution in [1.82, 2.24) is 29.8 Å². The van der Waals surface area contributed by atoms with Crippen molar-refractivity contribution in [2.75, 3.05) is 0 Å². The van der Waals surface area contributed by atoms with Crippen molar-refractivity contribution in [2.24, 2.45) is 7.05 Å². The molecule has 1 fully saturated rings. The molecule has 0 amide bonds. The summed E-state index contributed by atoms with van der Waals surface area (Å²) in [5, 5.41) is 7.91. The molecule has 1 aliphatic carbocycles. The maximum atomic E-state index is 12.5. The van der Waals surface area contributed by atoms with E-state index in [1.54, 1.807) is 13.2 Å². The minimum atomic E-state index is -0.278. The van der Waals surface area contributed by atoms with E-state index in [9.17, 15) is 4.79 Å². The highest BCUT2D eigenvalue weighted by atomic mass is 16.5. The van der Waals surface area contributed by atoms with Crippen LogP contribution in [-0.2, 0) is 13.7 Å². The number of ether oxygens (including phenoxy) is 1. The van der Waals surface area contributed by atoms with Gasteiger partial charge in [0, 0.05) is 24.4 Å². The summed E-state index contributed by atoms with van der Waals surface area (Å²) in [6.45, 7) is 4.25. The monoisotopic (exact) mass is 428 g/mol. The average molecular weight is 428 g/mol. The van der Waals surface area contributed by atoms with E-state index in [1.807, 2.05) is 44.2 Å². The lowest BCUT2D eigenvalue weighted by Crippen LogP contribution is -2.23. The molecule has 2 aromatic heterocycles. The highest BCUT2D eigenvalue weighted by Crippen LogP contribution is 2.43. The molecule has 2 aromatic carbocycles. The molecule has 1 saturated carbocycles. The molecule has 0 atom stereocenters. The predicted molar refractivity (Wildman–Crippen MR) is 120 cm³/mol. The highest BCUT2D eigenvalue weighted by molar-refractivity contribution is 5.61. The molecule has 1 aliphatic rings. The van der Waals surface area contributed by atoms with Crippen LogP contribution < -0.4 is 10.4 Å². The molecular formula is C24H24N6O2. The SMILES string of the molecule is Cc1nccc(-c2ccc(OCc3c(C4CC4)cccc3-n3nnn(C)c3=O)c(C)c2)n1. The number of aryl methyl sites for hydroxylation is 3. The van der Waals surface area contributed by atoms with Crippen molar-refractivity contribution in [3.63, 3.8) is 0 Å². The van der Waals surface area contributed by atoms with E-state index in [1.165, 1.54) is 14.9 Å². The summed E-state index contributed by atoms with van der Waals surface area (Å²) in [5.74, 6) is 2.04. The quantitative estimate of drug-likeness (QED) is 0.467. The molecule has 0 aliphatic heterocycles. The smallest absolute Gasteiger partial charge is 0.368 e. The van der Waals surface area contributed by atoms with Crippen LogP contribution in [-0.4, -0.2) is 29.8 Å². The second-order valence-electron chi connectivity index (χ2n) is 8.17. The molecule has 5 rings (SSSR count). The van der Waals surface area contributed by atoms with Crippen LogP contribution in [0.4, 0.5) is 0 Å².